The van der Waals surface area contributed by atoms with E-state index < -0.39 is 0 Å². The van der Waals surface area contributed by atoms with Crippen LogP contribution in [0, 0.1) is 19.8 Å². The smallest absolute Gasteiger partial charge is 0.258 e. The monoisotopic (exact) mass is 418 g/mol. The number of nitrogens with one attached hydrogen (secondary N) is 1. The maximum Gasteiger partial charge on any atom is 0.258 e. The average Bonchev–Trinajstić information content (AvgIpc) is 2.76. The lowest BCUT2D eigenvalue weighted by Crippen LogP contribution is -2.41. The van der Waals surface area contributed by atoms with Crippen LogP contribution in [-0.4, -0.2) is 35.6 Å². The number of benzene rings is 2. The molecule has 31 heavy (non-hydrogen) atoms. The Morgan fingerprint density at radius 1 is 1.13 bits per heavy atom. The van der Waals surface area contributed by atoms with E-state index in [2.05, 4.69) is 23.2 Å². The quantitative estimate of drug-likeness (QED) is 0.617. The number of amides is 1. The van der Waals surface area contributed by atoms with E-state index in [1.165, 1.54) is 0 Å². The molecule has 0 bridgehead atoms. The third-order valence-corrected chi connectivity index (χ3v) is 5.55. The summed E-state index contributed by atoms with van der Waals surface area (Å²) in [7, 11) is 0. The lowest BCUT2D eigenvalue weighted by Gasteiger charge is -2.33. The van der Waals surface area contributed by atoms with Gasteiger partial charge in [0.2, 0.25) is 5.91 Å². The number of carbonyl (C=O) groups excluding carboxylic acids is 1. The van der Waals surface area contributed by atoms with Crippen LogP contribution in [0.2, 0.25) is 0 Å². The molecular formula is C25H30N4O2. The first-order chi connectivity index (χ1) is 15.0. The summed E-state index contributed by atoms with van der Waals surface area (Å²) in [4.78, 5) is 24.8. The first-order valence-electron chi connectivity index (χ1n) is 11.1. The zero-order valence-electron chi connectivity index (χ0n) is 18.5. The maximum atomic E-state index is 13.0. The molecule has 6 nitrogen and oxygen atoms in total. The molecule has 4 rings (SSSR count). The van der Waals surface area contributed by atoms with Crippen LogP contribution in [0.3, 0.4) is 0 Å². The SMILES string of the molecule is CCCOc1nc2ccccc2nc1N1CCC[C@@H](C(=O)Nc2cc(C)cc(C)c2)C1. The standard InChI is InChI=1S/C25H30N4O2/c1-4-12-31-25-23(27-21-9-5-6-10-22(21)28-25)29-11-7-8-19(16-29)24(30)26-20-14-17(2)13-18(3)15-20/h5-6,9-10,13-15,19H,4,7-8,11-12,16H2,1-3H3,(H,26,30)/t19-/m1/s1. The van der Waals surface area contributed by atoms with Crippen LogP contribution in [0.15, 0.2) is 42.5 Å². The Balaban J connectivity index is 1.56. The van der Waals surface area contributed by atoms with E-state index in [1.807, 2.05) is 50.2 Å². The van der Waals surface area contributed by atoms with Crippen molar-refractivity contribution in [1.29, 1.82) is 0 Å². The summed E-state index contributed by atoms with van der Waals surface area (Å²) >= 11 is 0. The molecule has 1 aliphatic heterocycles. The van der Waals surface area contributed by atoms with Gasteiger partial charge in [0.15, 0.2) is 5.82 Å². The largest absolute Gasteiger partial charge is 0.475 e. The van der Waals surface area contributed by atoms with Gasteiger partial charge >= 0.3 is 0 Å². The second-order valence-corrected chi connectivity index (χ2v) is 8.34. The van der Waals surface area contributed by atoms with E-state index in [0.717, 1.165) is 59.5 Å². The summed E-state index contributed by atoms with van der Waals surface area (Å²) in [5.74, 6) is 1.23. The van der Waals surface area contributed by atoms with Gasteiger partial charge in [-0.2, -0.15) is 0 Å². The highest BCUT2D eigenvalue weighted by atomic mass is 16.5. The van der Waals surface area contributed by atoms with Crippen LogP contribution in [0.4, 0.5) is 11.5 Å². The molecule has 1 N–H and O–H groups in total. The highest BCUT2D eigenvalue weighted by Gasteiger charge is 2.29. The number of hydrogen-bond acceptors (Lipinski definition) is 5. The van der Waals surface area contributed by atoms with Crippen LogP contribution < -0.4 is 15.0 Å². The van der Waals surface area contributed by atoms with Crippen LogP contribution in [0.1, 0.15) is 37.3 Å². The molecule has 0 spiro atoms. The molecular weight excluding hydrogens is 388 g/mol. The Kier molecular flexibility index (Phi) is 6.35. The van der Waals surface area contributed by atoms with E-state index in [-0.39, 0.29) is 11.8 Å². The first kappa shape index (κ1) is 21.1. The van der Waals surface area contributed by atoms with E-state index in [9.17, 15) is 4.79 Å². The summed E-state index contributed by atoms with van der Waals surface area (Å²) in [6.07, 6.45) is 2.68. The second-order valence-electron chi connectivity index (χ2n) is 8.34. The molecule has 2 aromatic carbocycles. The first-order valence-corrected chi connectivity index (χ1v) is 11.1. The number of para-hydroxylation sites is 2. The van der Waals surface area contributed by atoms with Gasteiger partial charge in [0, 0.05) is 18.8 Å². The average molecular weight is 419 g/mol. The van der Waals surface area contributed by atoms with Gasteiger partial charge in [-0.15, -0.1) is 0 Å². The van der Waals surface area contributed by atoms with Gasteiger partial charge in [0.05, 0.1) is 23.6 Å². The third kappa shape index (κ3) is 4.95. The third-order valence-electron chi connectivity index (χ3n) is 5.55. The fourth-order valence-electron chi connectivity index (χ4n) is 4.15. The zero-order chi connectivity index (χ0) is 21.8. The molecule has 1 aromatic heterocycles. The maximum absolute atomic E-state index is 13.0. The van der Waals surface area contributed by atoms with Crippen molar-refractivity contribution in [2.45, 2.75) is 40.0 Å². The predicted octanol–water partition coefficient (Wildman–Crippen LogP) is 4.89. The van der Waals surface area contributed by atoms with Gasteiger partial charge < -0.3 is 15.0 Å². The van der Waals surface area contributed by atoms with Gasteiger partial charge in [0.1, 0.15) is 0 Å². The van der Waals surface area contributed by atoms with Crippen LogP contribution in [0.25, 0.3) is 11.0 Å². The highest BCUT2D eigenvalue weighted by Crippen LogP contribution is 2.31. The van der Waals surface area contributed by atoms with Crippen molar-refractivity contribution in [2.24, 2.45) is 5.92 Å². The molecule has 0 radical (unpaired) electrons. The lowest BCUT2D eigenvalue weighted by atomic mass is 9.97. The molecule has 1 aliphatic rings. The minimum Gasteiger partial charge on any atom is -0.475 e. The van der Waals surface area contributed by atoms with Crippen molar-refractivity contribution in [1.82, 2.24) is 9.97 Å². The van der Waals surface area contributed by atoms with Crippen LogP contribution >= 0.6 is 0 Å². The summed E-state index contributed by atoms with van der Waals surface area (Å²) in [5, 5.41) is 3.11. The number of nitrogens with zero attached hydrogens (tertiary/aromatic N) is 3. The number of aryl methyl sites for hydroxylation is 2. The Labute approximate surface area is 183 Å². The number of anilines is 2. The summed E-state index contributed by atoms with van der Waals surface area (Å²) < 4.78 is 5.95. The Hall–Kier alpha value is -3.15. The summed E-state index contributed by atoms with van der Waals surface area (Å²) in [5.41, 5.74) is 4.80. The predicted molar refractivity (Wildman–Crippen MR) is 125 cm³/mol. The molecule has 3 aromatic rings. The Morgan fingerprint density at radius 2 is 1.84 bits per heavy atom. The number of fused-ring (bicyclic) bond motifs is 1. The molecule has 2 heterocycles. The van der Waals surface area contributed by atoms with E-state index >= 15 is 0 Å². The van der Waals surface area contributed by atoms with Crippen molar-refractivity contribution < 1.29 is 9.53 Å². The van der Waals surface area contributed by atoms with Crippen molar-refractivity contribution in [3.63, 3.8) is 0 Å². The van der Waals surface area contributed by atoms with Gasteiger partial charge in [-0.25, -0.2) is 9.97 Å². The molecule has 1 atom stereocenters. The van der Waals surface area contributed by atoms with Gasteiger partial charge in [-0.05, 0) is 68.5 Å². The minimum absolute atomic E-state index is 0.0551. The molecule has 1 amide bonds. The van der Waals surface area contributed by atoms with Crippen LogP contribution in [0.5, 0.6) is 5.88 Å². The lowest BCUT2D eigenvalue weighted by molar-refractivity contribution is -0.120. The van der Waals surface area contributed by atoms with Crippen molar-refractivity contribution in [3.8, 4) is 5.88 Å². The van der Waals surface area contributed by atoms with E-state index in [1.54, 1.807) is 0 Å². The number of rotatable bonds is 6. The summed E-state index contributed by atoms with van der Waals surface area (Å²) in [6, 6.07) is 13.9. The van der Waals surface area contributed by atoms with Crippen molar-refractivity contribution >= 4 is 28.4 Å². The second kappa shape index (κ2) is 9.33. The van der Waals surface area contributed by atoms with Gasteiger partial charge in [0.25, 0.3) is 5.88 Å². The number of hydrogen-bond donors (Lipinski definition) is 1. The minimum atomic E-state index is -0.109. The topological polar surface area (TPSA) is 67.4 Å². The number of aromatic nitrogens is 2. The van der Waals surface area contributed by atoms with Crippen molar-refractivity contribution in [3.05, 3.63) is 53.6 Å². The molecule has 0 unspecified atom stereocenters. The molecule has 162 valence electrons. The number of carbonyl (C=O) groups is 1. The van der Waals surface area contributed by atoms with Gasteiger partial charge in [-0.1, -0.05) is 25.1 Å². The molecule has 1 saturated heterocycles. The molecule has 6 heteroatoms. The summed E-state index contributed by atoms with van der Waals surface area (Å²) in [6.45, 7) is 8.18. The number of piperidine rings is 1. The fraction of sp³-hybridized carbons (Fsp3) is 0.400. The van der Waals surface area contributed by atoms with E-state index in [0.29, 0.717) is 19.0 Å². The van der Waals surface area contributed by atoms with Crippen molar-refractivity contribution in [2.75, 3.05) is 29.9 Å². The van der Waals surface area contributed by atoms with Gasteiger partial charge in [-0.3, -0.25) is 4.79 Å². The Bertz CT molecular complexity index is 1060. The molecule has 0 saturated carbocycles. The highest BCUT2D eigenvalue weighted by molar-refractivity contribution is 5.93. The Morgan fingerprint density at radius 3 is 2.55 bits per heavy atom. The fourth-order valence-corrected chi connectivity index (χ4v) is 4.15. The van der Waals surface area contributed by atoms with Crippen LogP contribution in [-0.2, 0) is 4.79 Å². The van der Waals surface area contributed by atoms with E-state index in [4.69, 9.17) is 14.7 Å². The molecule has 0 aliphatic carbocycles. The zero-order valence-corrected chi connectivity index (χ0v) is 18.5. The normalized spacial score (nSPS) is 16.4. The molecule has 1 fully saturated rings. The number of ether oxygens (including phenoxy) is 1.